The Morgan fingerprint density at radius 1 is 1.04 bits per heavy atom. The molecule has 0 radical (unpaired) electrons. The van der Waals surface area contributed by atoms with Gasteiger partial charge in [0.15, 0.2) is 6.61 Å². The molecule has 0 bridgehead atoms. The predicted octanol–water partition coefficient (Wildman–Crippen LogP) is 3.98. The monoisotopic (exact) mass is 364 g/mol. The molecule has 1 aromatic carbocycles. The van der Waals surface area contributed by atoms with Crippen molar-refractivity contribution in [2.75, 3.05) is 32.8 Å². The second kappa shape index (κ2) is 9.44. The van der Waals surface area contributed by atoms with Crippen molar-refractivity contribution in [3.8, 4) is 5.75 Å². The molecule has 2 heterocycles. The van der Waals surface area contributed by atoms with Gasteiger partial charge in [0.2, 0.25) is 0 Å². The van der Waals surface area contributed by atoms with Gasteiger partial charge in [0, 0.05) is 24.2 Å². The van der Waals surface area contributed by atoms with Crippen molar-refractivity contribution in [3.05, 3.63) is 29.3 Å². The number of benzene rings is 1. The molecule has 25 heavy (non-hydrogen) atoms. The third-order valence-corrected chi connectivity index (χ3v) is 5.60. The largest absolute Gasteiger partial charge is 0.484 e. The highest BCUT2D eigenvalue weighted by molar-refractivity contribution is 6.30. The van der Waals surface area contributed by atoms with Gasteiger partial charge in [0.05, 0.1) is 0 Å². The average Bonchev–Trinajstić information content (AvgIpc) is 2.67. The smallest absolute Gasteiger partial charge is 0.260 e. The number of likely N-dealkylation sites (tertiary alicyclic amines) is 2. The summed E-state index contributed by atoms with van der Waals surface area (Å²) in [7, 11) is 0. The first-order valence-corrected chi connectivity index (χ1v) is 10.0. The lowest BCUT2D eigenvalue weighted by Gasteiger charge is -2.37. The summed E-state index contributed by atoms with van der Waals surface area (Å²) >= 11 is 5.88. The van der Waals surface area contributed by atoms with Crippen LogP contribution in [0.15, 0.2) is 24.3 Å². The molecule has 1 amide bonds. The van der Waals surface area contributed by atoms with Crippen LogP contribution in [-0.4, -0.2) is 54.5 Å². The SMILES string of the molecule is O=C(COc1ccc(Cl)cc1)N1CCCC[C@@H]1CCN1CCCCC1. The molecule has 0 unspecified atom stereocenters. The Morgan fingerprint density at radius 3 is 2.52 bits per heavy atom. The molecule has 2 saturated heterocycles. The van der Waals surface area contributed by atoms with E-state index in [2.05, 4.69) is 9.80 Å². The summed E-state index contributed by atoms with van der Waals surface area (Å²) in [5.74, 6) is 0.804. The first-order valence-electron chi connectivity index (χ1n) is 9.62. The molecule has 0 N–H and O–H groups in total. The number of nitrogens with zero attached hydrogens (tertiary/aromatic N) is 2. The number of carbonyl (C=O) groups is 1. The molecule has 0 aromatic heterocycles. The van der Waals surface area contributed by atoms with Crippen LogP contribution in [-0.2, 0) is 4.79 Å². The summed E-state index contributed by atoms with van der Waals surface area (Å²) in [5.41, 5.74) is 0. The van der Waals surface area contributed by atoms with E-state index >= 15 is 0 Å². The van der Waals surface area contributed by atoms with Crippen molar-refractivity contribution in [3.63, 3.8) is 0 Å². The van der Waals surface area contributed by atoms with Gasteiger partial charge in [0.1, 0.15) is 5.75 Å². The zero-order valence-electron chi connectivity index (χ0n) is 15.0. The van der Waals surface area contributed by atoms with Crippen molar-refractivity contribution in [1.29, 1.82) is 0 Å². The zero-order valence-corrected chi connectivity index (χ0v) is 15.7. The Balaban J connectivity index is 1.48. The summed E-state index contributed by atoms with van der Waals surface area (Å²) in [6.45, 7) is 4.54. The lowest BCUT2D eigenvalue weighted by Crippen LogP contribution is -2.47. The topological polar surface area (TPSA) is 32.8 Å². The molecule has 0 saturated carbocycles. The fraction of sp³-hybridized carbons (Fsp3) is 0.650. The molecular formula is C20H29ClN2O2. The molecule has 1 aromatic rings. The van der Waals surface area contributed by atoms with Crippen molar-refractivity contribution in [2.24, 2.45) is 0 Å². The van der Waals surface area contributed by atoms with Gasteiger partial charge in [-0.3, -0.25) is 4.79 Å². The lowest BCUT2D eigenvalue weighted by molar-refractivity contribution is -0.137. The highest BCUT2D eigenvalue weighted by atomic mass is 35.5. The normalized spacial score (nSPS) is 22.0. The Labute approximate surface area is 156 Å². The minimum atomic E-state index is 0.110. The van der Waals surface area contributed by atoms with Crippen molar-refractivity contribution in [1.82, 2.24) is 9.80 Å². The Morgan fingerprint density at radius 2 is 1.76 bits per heavy atom. The molecule has 2 aliphatic rings. The van der Waals surface area contributed by atoms with E-state index in [1.165, 1.54) is 38.8 Å². The maximum atomic E-state index is 12.7. The van der Waals surface area contributed by atoms with Gasteiger partial charge in [-0.05, 0) is 75.9 Å². The summed E-state index contributed by atoms with van der Waals surface area (Å²) in [4.78, 5) is 17.3. The van der Waals surface area contributed by atoms with E-state index in [9.17, 15) is 4.79 Å². The molecular weight excluding hydrogens is 336 g/mol. The van der Waals surface area contributed by atoms with Gasteiger partial charge in [-0.1, -0.05) is 18.0 Å². The molecule has 4 nitrogen and oxygen atoms in total. The molecule has 0 aliphatic carbocycles. The second-order valence-corrected chi connectivity index (χ2v) is 7.61. The van der Waals surface area contributed by atoms with Gasteiger partial charge in [-0.25, -0.2) is 0 Å². The molecule has 2 aliphatic heterocycles. The Kier molecular flexibility index (Phi) is 7.00. The summed E-state index contributed by atoms with van der Waals surface area (Å²) < 4.78 is 5.66. The molecule has 3 rings (SSSR count). The van der Waals surface area contributed by atoms with Crippen LogP contribution in [0.3, 0.4) is 0 Å². The third-order valence-electron chi connectivity index (χ3n) is 5.35. The average molecular weight is 365 g/mol. The number of piperidine rings is 2. The highest BCUT2D eigenvalue weighted by Gasteiger charge is 2.27. The van der Waals surface area contributed by atoms with Gasteiger partial charge >= 0.3 is 0 Å². The van der Waals surface area contributed by atoms with Crippen molar-refractivity contribution < 1.29 is 9.53 Å². The van der Waals surface area contributed by atoms with Crippen LogP contribution >= 0.6 is 11.6 Å². The van der Waals surface area contributed by atoms with E-state index in [-0.39, 0.29) is 12.5 Å². The van der Waals surface area contributed by atoms with Crippen LogP contribution in [0, 0.1) is 0 Å². The van der Waals surface area contributed by atoms with Crippen LogP contribution in [0.25, 0.3) is 0 Å². The fourth-order valence-corrected chi connectivity index (χ4v) is 4.03. The second-order valence-electron chi connectivity index (χ2n) is 7.17. The van der Waals surface area contributed by atoms with Crippen molar-refractivity contribution in [2.45, 2.75) is 51.0 Å². The molecule has 0 spiro atoms. The van der Waals surface area contributed by atoms with E-state index < -0.39 is 0 Å². The van der Waals surface area contributed by atoms with Crippen molar-refractivity contribution >= 4 is 17.5 Å². The van der Waals surface area contributed by atoms with Crippen LogP contribution in [0.1, 0.15) is 44.9 Å². The summed E-state index contributed by atoms with van der Waals surface area (Å²) in [6.07, 6.45) is 8.56. The van der Waals surface area contributed by atoms with Crippen LogP contribution in [0.2, 0.25) is 5.02 Å². The third kappa shape index (κ3) is 5.61. The maximum absolute atomic E-state index is 12.7. The fourth-order valence-electron chi connectivity index (χ4n) is 3.90. The van der Waals surface area contributed by atoms with Gasteiger partial charge in [0.25, 0.3) is 5.91 Å². The first kappa shape index (κ1) is 18.5. The van der Waals surface area contributed by atoms with Gasteiger partial charge < -0.3 is 14.5 Å². The minimum absolute atomic E-state index is 0.110. The minimum Gasteiger partial charge on any atom is -0.484 e. The lowest BCUT2D eigenvalue weighted by atomic mass is 9.98. The van der Waals surface area contributed by atoms with E-state index in [0.717, 1.165) is 32.4 Å². The quantitative estimate of drug-likeness (QED) is 0.765. The number of halogens is 1. The Bertz CT molecular complexity index is 543. The molecule has 5 heteroatoms. The number of carbonyl (C=O) groups excluding carboxylic acids is 1. The van der Waals surface area contributed by atoms with E-state index in [4.69, 9.17) is 16.3 Å². The predicted molar refractivity (Wildman–Crippen MR) is 101 cm³/mol. The highest BCUT2D eigenvalue weighted by Crippen LogP contribution is 2.22. The van der Waals surface area contributed by atoms with E-state index in [1.54, 1.807) is 24.3 Å². The zero-order chi connectivity index (χ0) is 17.5. The number of hydrogen-bond acceptors (Lipinski definition) is 3. The number of rotatable bonds is 6. The summed E-state index contributed by atoms with van der Waals surface area (Å²) in [6, 6.07) is 7.55. The number of amides is 1. The van der Waals surface area contributed by atoms with Crippen LogP contribution in [0.5, 0.6) is 5.75 Å². The first-order chi connectivity index (χ1) is 12.2. The molecule has 2 fully saturated rings. The standard InChI is InChI=1S/C20H29ClN2O2/c21-17-7-9-19(10-8-17)25-16-20(24)23-14-5-2-6-18(23)11-15-22-12-3-1-4-13-22/h7-10,18H,1-6,11-16H2/t18-/m1/s1. The maximum Gasteiger partial charge on any atom is 0.260 e. The van der Waals surface area contributed by atoms with E-state index in [0.29, 0.717) is 16.8 Å². The Hall–Kier alpha value is -1.26. The molecule has 1 atom stereocenters. The van der Waals surface area contributed by atoms with Gasteiger partial charge in [-0.15, -0.1) is 0 Å². The van der Waals surface area contributed by atoms with E-state index in [1.807, 2.05) is 0 Å². The van der Waals surface area contributed by atoms with Crippen LogP contribution < -0.4 is 4.74 Å². The number of hydrogen-bond donors (Lipinski definition) is 0. The summed E-state index contributed by atoms with van der Waals surface area (Å²) in [5, 5.41) is 0.674. The number of ether oxygens (including phenoxy) is 1. The molecule has 138 valence electrons. The van der Waals surface area contributed by atoms with Gasteiger partial charge in [-0.2, -0.15) is 0 Å². The van der Waals surface area contributed by atoms with Crippen LogP contribution in [0.4, 0.5) is 0 Å².